The molecule has 0 aromatic heterocycles. The van der Waals surface area contributed by atoms with Gasteiger partial charge >= 0.3 is 0 Å². The number of aryl methyl sites for hydroxylation is 1. The quantitative estimate of drug-likeness (QED) is 0.327. The van der Waals surface area contributed by atoms with Gasteiger partial charge in [-0.15, -0.1) is 24.0 Å². The van der Waals surface area contributed by atoms with Crippen molar-refractivity contribution < 1.29 is 9.13 Å². The van der Waals surface area contributed by atoms with Crippen LogP contribution in [-0.4, -0.2) is 25.7 Å². The molecule has 2 N–H and O–H groups in total. The second kappa shape index (κ2) is 12.1. The number of aliphatic imine (C=N–C) groups is 1. The first-order chi connectivity index (χ1) is 13.7. The Labute approximate surface area is 190 Å². The predicted octanol–water partition coefficient (Wildman–Crippen LogP) is 4.98. The average molecular weight is 511 g/mol. The van der Waals surface area contributed by atoms with Crippen molar-refractivity contribution in [1.29, 1.82) is 0 Å². The maximum Gasteiger partial charge on any atom is 0.191 e. The highest BCUT2D eigenvalue weighted by Crippen LogP contribution is 2.33. The van der Waals surface area contributed by atoms with Crippen molar-refractivity contribution in [1.82, 2.24) is 10.6 Å². The van der Waals surface area contributed by atoms with Crippen molar-refractivity contribution in [2.75, 3.05) is 19.7 Å². The highest BCUT2D eigenvalue weighted by atomic mass is 127. The average Bonchev–Trinajstić information content (AvgIpc) is 2.73. The van der Waals surface area contributed by atoms with Crippen molar-refractivity contribution >= 4 is 29.9 Å². The Hall–Kier alpha value is -1.67. The molecule has 0 spiro atoms. The maximum atomic E-state index is 13.8. The van der Waals surface area contributed by atoms with Crippen LogP contribution in [0.5, 0.6) is 0 Å². The topological polar surface area (TPSA) is 45.7 Å². The maximum absolute atomic E-state index is 13.8. The number of hydrogen-bond donors (Lipinski definition) is 2. The molecule has 2 aromatic carbocycles. The third kappa shape index (κ3) is 6.96. The van der Waals surface area contributed by atoms with Gasteiger partial charge < -0.3 is 15.4 Å². The summed E-state index contributed by atoms with van der Waals surface area (Å²) in [6.45, 7) is 6.62. The fourth-order valence-electron chi connectivity index (χ4n) is 3.54. The molecule has 0 aliphatic carbocycles. The summed E-state index contributed by atoms with van der Waals surface area (Å²) in [6, 6.07) is 15.7. The Balaban J connectivity index is 0.00000300. The highest BCUT2D eigenvalue weighted by molar-refractivity contribution is 14.0. The SMILES string of the molecule is CCNC(=NCc1ccc(C)c(F)c1)NCC1CCCOC1c1ccccc1.I. The second-order valence-corrected chi connectivity index (χ2v) is 7.26. The summed E-state index contributed by atoms with van der Waals surface area (Å²) in [5.74, 6) is 0.952. The van der Waals surface area contributed by atoms with Gasteiger partial charge in [-0.05, 0) is 49.4 Å². The number of rotatable bonds is 6. The zero-order valence-corrected chi connectivity index (χ0v) is 19.5. The van der Waals surface area contributed by atoms with Crippen LogP contribution in [0.3, 0.4) is 0 Å². The van der Waals surface area contributed by atoms with Crippen LogP contribution in [0, 0.1) is 18.7 Å². The van der Waals surface area contributed by atoms with Crippen LogP contribution in [0.2, 0.25) is 0 Å². The molecule has 2 atom stereocenters. The summed E-state index contributed by atoms with van der Waals surface area (Å²) < 4.78 is 19.8. The van der Waals surface area contributed by atoms with Gasteiger partial charge in [0.1, 0.15) is 5.82 Å². The molecule has 158 valence electrons. The monoisotopic (exact) mass is 511 g/mol. The molecular weight excluding hydrogens is 480 g/mol. The molecule has 0 amide bonds. The van der Waals surface area contributed by atoms with E-state index < -0.39 is 0 Å². The lowest BCUT2D eigenvalue weighted by molar-refractivity contribution is -0.0265. The van der Waals surface area contributed by atoms with Crippen molar-refractivity contribution in [3.63, 3.8) is 0 Å². The van der Waals surface area contributed by atoms with Crippen molar-refractivity contribution in [3.05, 3.63) is 71.0 Å². The molecule has 4 nitrogen and oxygen atoms in total. The Morgan fingerprint density at radius 1 is 1.17 bits per heavy atom. The van der Waals surface area contributed by atoms with E-state index in [0.29, 0.717) is 18.0 Å². The first-order valence-electron chi connectivity index (χ1n) is 10.1. The largest absolute Gasteiger partial charge is 0.373 e. The molecule has 3 rings (SSSR count). The van der Waals surface area contributed by atoms with E-state index in [0.717, 1.165) is 44.1 Å². The Morgan fingerprint density at radius 3 is 2.69 bits per heavy atom. The molecule has 1 aliphatic heterocycles. The second-order valence-electron chi connectivity index (χ2n) is 7.26. The zero-order valence-electron chi connectivity index (χ0n) is 17.2. The van der Waals surface area contributed by atoms with Gasteiger partial charge in [0.05, 0.1) is 12.6 Å². The number of nitrogens with zero attached hydrogens (tertiary/aromatic N) is 1. The molecule has 29 heavy (non-hydrogen) atoms. The summed E-state index contributed by atoms with van der Waals surface area (Å²) >= 11 is 0. The molecule has 1 fully saturated rings. The minimum absolute atomic E-state index is 0. The van der Waals surface area contributed by atoms with Crippen LogP contribution in [-0.2, 0) is 11.3 Å². The lowest BCUT2D eigenvalue weighted by atomic mass is 9.89. The fourth-order valence-corrected chi connectivity index (χ4v) is 3.54. The van der Waals surface area contributed by atoms with E-state index in [1.807, 2.05) is 19.1 Å². The summed E-state index contributed by atoms with van der Waals surface area (Å²) in [5, 5.41) is 6.73. The van der Waals surface area contributed by atoms with Crippen LogP contribution < -0.4 is 10.6 Å². The molecule has 1 saturated heterocycles. The summed E-state index contributed by atoms with van der Waals surface area (Å²) in [7, 11) is 0. The third-order valence-corrected chi connectivity index (χ3v) is 5.10. The van der Waals surface area contributed by atoms with Gasteiger partial charge in [-0.25, -0.2) is 9.38 Å². The van der Waals surface area contributed by atoms with Crippen molar-refractivity contribution in [2.24, 2.45) is 10.9 Å². The van der Waals surface area contributed by atoms with Crippen LogP contribution >= 0.6 is 24.0 Å². The van der Waals surface area contributed by atoms with E-state index in [1.165, 1.54) is 5.56 Å². The number of hydrogen-bond acceptors (Lipinski definition) is 2. The molecule has 1 heterocycles. The molecule has 0 radical (unpaired) electrons. The normalized spacial score (nSPS) is 19.3. The number of nitrogens with one attached hydrogen (secondary N) is 2. The number of guanidine groups is 1. The van der Waals surface area contributed by atoms with Crippen molar-refractivity contribution in [2.45, 2.75) is 39.3 Å². The van der Waals surface area contributed by atoms with Gasteiger partial charge in [-0.2, -0.15) is 0 Å². The first-order valence-corrected chi connectivity index (χ1v) is 10.1. The Kier molecular flexibility index (Phi) is 9.87. The van der Waals surface area contributed by atoms with Crippen LogP contribution in [0.25, 0.3) is 0 Å². The van der Waals surface area contributed by atoms with Gasteiger partial charge in [0.2, 0.25) is 0 Å². The van der Waals surface area contributed by atoms with Gasteiger partial charge in [0.15, 0.2) is 5.96 Å². The number of benzene rings is 2. The molecule has 2 aromatic rings. The lowest BCUT2D eigenvalue weighted by Crippen LogP contribution is -2.42. The Bertz CT molecular complexity index is 785. The molecule has 6 heteroatoms. The van der Waals surface area contributed by atoms with E-state index in [4.69, 9.17) is 4.74 Å². The van der Waals surface area contributed by atoms with Gasteiger partial charge in [0, 0.05) is 25.6 Å². The van der Waals surface area contributed by atoms with Crippen LogP contribution in [0.1, 0.15) is 42.6 Å². The van der Waals surface area contributed by atoms with Gasteiger partial charge in [0.25, 0.3) is 0 Å². The van der Waals surface area contributed by atoms with Crippen LogP contribution in [0.15, 0.2) is 53.5 Å². The minimum atomic E-state index is -0.185. The first kappa shape index (κ1) is 23.6. The van der Waals surface area contributed by atoms with E-state index in [9.17, 15) is 4.39 Å². The Morgan fingerprint density at radius 2 is 1.97 bits per heavy atom. The van der Waals surface area contributed by atoms with E-state index >= 15 is 0 Å². The summed E-state index contributed by atoms with van der Waals surface area (Å²) in [4.78, 5) is 4.62. The smallest absolute Gasteiger partial charge is 0.191 e. The van der Waals surface area contributed by atoms with E-state index in [2.05, 4.69) is 39.9 Å². The predicted molar refractivity (Wildman–Crippen MR) is 127 cm³/mol. The van der Waals surface area contributed by atoms with Gasteiger partial charge in [-0.1, -0.05) is 42.5 Å². The minimum Gasteiger partial charge on any atom is -0.373 e. The van der Waals surface area contributed by atoms with Crippen LogP contribution in [0.4, 0.5) is 4.39 Å². The number of halogens is 2. The standard InChI is InChI=1S/C23H30FN3O.HI/c1-3-25-23(26-15-18-12-11-17(2)21(24)14-18)27-16-20-10-7-13-28-22(20)19-8-5-4-6-9-19;/h4-6,8-9,11-12,14,20,22H,3,7,10,13,15-16H2,1-2H3,(H2,25,26,27);1H. The highest BCUT2D eigenvalue weighted by Gasteiger charge is 2.27. The van der Waals surface area contributed by atoms with E-state index in [-0.39, 0.29) is 35.9 Å². The fraction of sp³-hybridized carbons (Fsp3) is 0.435. The lowest BCUT2D eigenvalue weighted by Gasteiger charge is -2.32. The molecule has 1 aliphatic rings. The molecule has 0 saturated carbocycles. The van der Waals surface area contributed by atoms with Crippen molar-refractivity contribution in [3.8, 4) is 0 Å². The number of ether oxygens (including phenoxy) is 1. The summed E-state index contributed by atoms with van der Waals surface area (Å²) in [6.07, 6.45) is 2.30. The van der Waals surface area contributed by atoms with Gasteiger partial charge in [-0.3, -0.25) is 0 Å². The molecular formula is C23H31FIN3O. The summed E-state index contributed by atoms with van der Waals surface area (Å²) in [5.41, 5.74) is 2.75. The zero-order chi connectivity index (χ0) is 19.8. The molecule has 0 bridgehead atoms. The van der Waals surface area contributed by atoms with E-state index in [1.54, 1.807) is 19.1 Å². The molecule has 2 unspecified atom stereocenters. The third-order valence-electron chi connectivity index (χ3n) is 5.10.